The van der Waals surface area contributed by atoms with Crippen LogP contribution >= 0.6 is 0 Å². The lowest BCUT2D eigenvalue weighted by molar-refractivity contribution is 0.660. The SMILES string of the molecule is CN(c1cccc(-n2c3ccccc3c3ccccc32)c1)c1ccc2c(c1)C(C)(C)c1ccccc1-2.CN(c1cccc(-n2c3ccccc3c3ccccc32)c1)c1ccc2c(c1)C1(c3ccccc3-c3ccccc31)c1ccccc1-2.CN(c1cccc(-n2c3ccccc3c3ccccc32)c1)c1ccc2ccccc2c1.CN(c1cccc(-n2c3ccccc3c3ccccc32)c1)c1cccc2ccccc12. The lowest BCUT2D eigenvalue weighted by Gasteiger charge is -2.31. The van der Waals surface area contributed by atoms with E-state index >= 15 is 0 Å². The molecule has 4 aromatic heterocycles. The lowest BCUT2D eigenvalue weighted by Crippen LogP contribution is -2.26. The highest BCUT2D eigenvalue weighted by Crippen LogP contribution is 2.64. The molecule has 3 aliphatic carbocycles. The van der Waals surface area contributed by atoms with Gasteiger partial charge in [0, 0.05) is 150 Å². The zero-order chi connectivity index (χ0) is 96.4. The summed E-state index contributed by atoms with van der Waals surface area (Å²) in [6.07, 6.45) is 0. The Labute approximate surface area is 838 Å². The van der Waals surface area contributed by atoms with E-state index in [2.05, 4.69) is 589 Å². The number of para-hydroxylation sites is 8. The minimum absolute atomic E-state index is 0.00635. The van der Waals surface area contributed by atoms with E-state index in [1.54, 1.807) is 0 Å². The summed E-state index contributed by atoms with van der Waals surface area (Å²) >= 11 is 0. The van der Waals surface area contributed by atoms with E-state index in [0.29, 0.717) is 0 Å². The topological polar surface area (TPSA) is 32.7 Å². The molecule has 0 N–H and O–H groups in total. The molecule has 8 nitrogen and oxygen atoms in total. The van der Waals surface area contributed by atoms with Crippen molar-refractivity contribution < 1.29 is 0 Å². The van der Waals surface area contributed by atoms with Gasteiger partial charge in [0.15, 0.2) is 0 Å². The van der Waals surface area contributed by atoms with Crippen molar-refractivity contribution in [3.8, 4) is 56.1 Å². The molecule has 0 amide bonds. The summed E-state index contributed by atoms with van der Waals surface area (Å²) in [4.78, 5) is 9.17. The molecule has 22 aromatic carbocycles. The van der Waals surface area contributed by atoms with Gasteiger partial charge in [-0.3, -0.25) is 0 Å². The van der Waals surface area contributed by atoms with Gasteiger partial charge in [0.05, 0.1) is 49.5 Å². The third-order valence-electron chi connectivity index (χ3n) is 30.8. The second kappa shape index (κ2) is 35.0. The number of anilines is 8. The molecule has 0 fully saturated rings. The van der Waals surface area contributed by atoms with Gasteiger partial charge in [0.2, 0.25) is 0 Å². The Hall–Kier alpha value is -18.2. The van der Waals surface area contributed by atoms with Crippen LogP contribution in [0.1, 0.15) is 47.2 Å². The molecule has 144 heavy (non-hydrogen) atoms. The lowest BCUT2D eigenvalue weighted by atomic mass is 9.70. The van der Waals surface area contributed by atoms with Crippen LogP contribution in [0.15, 0.2) is 510 Å². The Morgan fingerprint density at radius 1 is 0.160 bits per heavy atom. The van der Waals surface area contributed by atoms with Gasteiger partial charge in [-0.1, -0.05) is 360 Å². The van der Waals surface area contributed by atoms with Gasteiger partial charge in [0.1, 0.15) is 0 Å². The first-order chi connectivity index (χ1) is 70.9. The summed E-state index contributed by atoms with van der Waals surface area (Å²) in [7, 11) is 8.64. The summed E-state index contributed by atoms with van der Waals surface area (Å²) < 4.78 is 9.50. The summed E-state index contributed by atoms with van der Waals surface area (Å²) in [5, 5.41) is 15.3. The molecule has 0 radical (unpaired) electrons. The van der Waals surface area contributed by atoms with Gasteiger partial charge in [-0.2, -0.15) is 0 Å². The highest BCUT2D eigenvalue weighted by atomic mass is 15.1. The van der Waals surface area contributed by atoms with Crippen LogP contribution < -0.4 is 19.6 Å². The van der Waals surface area contributed by atoms with E-state index in [-0.39, 0.29) is 10.8 Å². The zero-order valence-corrected chi connectivity index (χ0v) is 81.1. The van der Waals surface area contributed by atoms with Crippen molar-refractivity contribution in [3.05, 3.63) is 543 Å². The van der Waals surface area contributed by atoms with Crippen molar-refractivity contribution in [1.82, 2.24) is 18.3 Å². The summed E-state index contributed by atoms with van der Waals surface area (Å²) in [6, 6.07) is 185. The molecule has 0 unspecified atom stereocenters. The fourth-order valence-electron chi connectivity index (χ4n) is 23.8. The highest BCUT2D eigenvalue weighted by molar-refractivity contribution is 6.13. The number of nitrogens with zero attached hydrogens (tertiary/aromatic N) is 8. The smallest absolute Gasteiger partial charge is 0.0726 e. The van der Waals surface area contributed by atoms with Crippen molar-refractivity contribution in [2.45, 2.75) is 24.7 Å². The van der Waals surface area contributed by atoms with E-state index in [9.17, 15) is 0 Å². The van der Waals surface area contributed by atoms with Crippen LogP contribution in [0.3, 0.4) is 0 Å². The Kier molecular flexibility index (Phi) is 20.9. The zero-order valence-electron chi connectivity index (χ0n) is 81.1. The van der Waals surface area contributed by atoms with Gasteiger partial charge in [0.25, 0.3) is 0 Å². The molecule has 0 aliphatic heterocycles. The Morgan fingerprint density at radius 2 is 0.403 bits per heavy atom. The first-order valence-corrected chi connectivity index (χ1v) is 49.8. The molecule has 686 valence electrons. The normalized spacial score (nSPS) is 12.6. The van der Waals surface area contributed by atoms with E-state index in [1.165, 1.54) is 221 Å². The van der Waals surface area contributed by atoms with Crippen molar-refractivity contribution in [2.75, 3.05) is 47.8 Å². The quantitative estimate of drug-likeness (QED) is 0.122. The van der Waals surface area contributed by atoms with Crippen LogP contribution in [0.2, 0.25) is 0 Å². The van der Waals surface area contributed by atoms with E-state index in [4.69, 9.17) is 0 Å². The molecule has 3 aliphatic rings. The van der Waals surface area contributed by atoms with Gasteiger partial charge < -0.3 is 37.9 Å². The summed E-state index contributed by atoms with van der Waals surface area (Å²) in [5.41, 5.74) is 39.8. The number of rotatable bonds is 12. The van der Waals surface area contributed by atoms with Crippen LogP contribution in [-0.4, -0.2) is 46.5 Å². The van der Waals surface area contributed by atoms with Gasteiger partial charge in [-0.05, 0) is 247 Å². The largest absolute Gasteiger partial charge is 0.345 e. The minimum atomic E-state index is -0.346. The molecule has 0 saturated carbocycles. The van der Waals surface area contributed by atoms with E-state index < -0.39 is 0 Å². The third kappa shape index (κ3) is 14.0. The average Bonchev–Trinajstić information content (AvgIpc) is 1.50. The molecule has 0 saturated heterocycles. The maximum Gasteiger partial charge on any atom is 0.0726 e. The van der Waals surface area contributed by atoms with Crippen molar-refractivity contribution in [2.24, 2.45) is 0 Å². The molecule has 8 heteroatoms. The van der Waals surface area contributed by atoms with Crippen LogP contribution in [0, 0.1) is 0 Å². The predicted molar refractivity (Wildman–Crippen MR) is 610 cm³/mol. The number of aromatic nitrogens is 4. The van der Waals surface area contributed by atoms with Crippen LogP contribution in [0.5, 0.6) is 0 Å². The summed E-state index contributed by atoms with van der Waals surface area (Å²) in [5.74, 6) is 0. The second-order valence-corrected chi connectivity index (χ2v) is 38.8. The van der Waals surface area contributed by atoms with Gasteiger partial charge in [-0.25, -0.2) is 0 Å². The standard InChI is InChI=1S/C44H30N2.C34H28N2.2C29H22N2/c1-45(29-13-12-14-31(27-29)46-42-23-10-5-18-36(42)37-19-6-11-24-43(37)46)30-25-26-35-34-17-4-9-22-40(34)44(41(35)28-30)38-20-7-2-15-32(38)33-16-3-8-21-39(33)44;1-34(2)30-16-7-4-13-26(30)27-20-19-24(22-31(27)34)35(3)23-11-10-12-25(21-23)36-32-17-8-5-14-28(32)29-15-6-9-18-33(29)36;1-30(27-19-8-11-21-10-2-3-14-24(21)27)22-12-9-13-23(20-22)31-28-17-6-4-15-25(28)26-16-5-7-18-29(26)31;1-30(24-18-17-21-9-2-3-10-22(21)19-24)23-11-8-12-25(20-23)31-28-15-6-4-13-26(28)27-14-5-7-16-29(27)31/h2-28H,1H3;4-22H,1-3H3;2*2-20H,1H3. The number of fused-ring (bicyclic) bond motifs is 27. The van der Waals surface area contributed by atoms with Crippen molar-refractivity contribution in [1.29, 1.82) is 0 Å². The Balaban J connectivity index is 0.0000000994. The minimum Gasteiger partial charge on any atom is -0.345 e. The molecule has 0 bridgehead atoms. The first-order valence-electron chi connectivity index (χ1n) is 49.8. The maximum absolute atomic E-state index is 2.45. The van der Waals surface area contributed by atoms with Crippen molar-refractivity contribution >= 4 is 154 Å². The molecular formula is C136H102N8. The molecule has 1 spiro atoms. The van der Waals surface area contributed by atoms with Gasteiger partial charge in [-0.15, -0.1) is 0 Å². The number of hydrogen-bond acceptors (Lipinski definition) is 4. The van der Waals surface area contributed by atoms with Gasteiger partial charge >= 0.3 is 0 Å². The molecular weight excluding hydrogens is 1750 g/mol. The van der Waals surface area contributed by atoms with Crippen LogP contribution in [-0.2, 0) is 10.8 Å². The summed E-state index contributed by atoms with van der Waals surface area (Å²) in [6.45, 7) is 4.68. The molecule has 0 atom stereocenters. The number of benzene rings is 22. The molecule has 29 rings (SSSR count). The molecule has 4 heterocycles. The Morgan fingerprint density at radius 3 is 0.771 bits per heavy atom. The predicted octanol–water partition coefficient (Wildman–Crippen LogP) is 35.2. The fraction of sp³-hybridized carbons (Fsp3) is 0.0588. The van der Waals surface area contributed by atoms with E-state index in [1.807, 2.05) is 0 Å². The van der Waals surface area contributed by atoms with Crippen LogP contribution in [0.25, 0.3) is 165 Å². The fourth-order valence-corrected chi connectivity index (χ4v) is 23.8. The molecule has 26 aromatic rings. The average molecular weight is 1850 g/mol. The second-order valence-electron chi connectivity index (χ2n) is 38.8. The van der Waals surface area contributed by atoms with Crippen molar-refractivity contribution in [3.63, 3.8) is 0 Å². The Bertz CT molecular complexity index is 9300. The van der Waals surface area contributed by atoms with E-state index in [0.717, 1.165) is 22.7 Å². The maximum atomic E-state index is 2.45. The third-order valence-corrected chi connectivity index (χ3v) is 30.8. The highest BCUT2D eigenvalue weighted by Gasteiger charge is 2.52. The monoisotopic (exact) mass is 1850 g/mol. The van der Waals surface area contributed by atoms with Crippen LogP contribution in [0.4, 0.5) is 45.5 Å². The first kappa shape index (κ1) is 86.1. The number of hydrogen-bond donors (Lipinski definition) is 0.